The van der Waals surface area contributed by atoms with Crippen molar-refractivity contribution in [3.8, 4) is 0 Å². The van der Waals surface area contributed by atoms with E-state index in [4.69, 9.17) is 17.3 Å². The lowest BCUT2D eigenvalue weighted by Crippen LogP contribution is -2.24. The first-order valence-electron chi connectivity index (χ1n) is 5.28. The molecule has 0 fully saturated rings. The molecule has 1 aromatic rings. The van der Waals surface area contributed by atoms with Gasteiger partial charge in [0.05, 0.1) is 7.11 Å². The van der Waals surface area contributed by atoms with Crippen molar-refractivity contribution in [3.63, 3.8) is 0 Å². The van der Waals surface area contributed by atoms with Gasteiger partial charge in [-0.3, -0.25) is 4.79 Å². The fourth-order valence-electron chi connectivity index (χ4n) is 1.54. The van der Waals surface area contributed by atoms with Crippen LogP contribution < -0.4 is 5.73 Å². The second-order valence-electron chi connectivity index (χ2n) is 3.86. The maximum atomic E-state index is 13.0. The Morgan fingerprint density at radius 1 is 1.53 bits per heavy atom. The fourth-order valence-corrected chi connectivity index (χ4v) is 1.78. The SMILES string of the molecule is COC(=O)CCC(N)Cc1cc(F)cc(Cl)c1. The smallest absolute Gasteiger partial charge is 0.305 e. The summed E-state index contributed by atoms with van der Waals surface area (Å²) in [5, 5.41) is 0.347. The third-order valence-electron chi connectivity index (χ3n) is 2.37. The van der Waals surface area contributed by atoms with Gasteiger partial charge in [-0.05, 0) is 36.6 Å². The molecule has 1 rings (SSSR count). The van der Waals surface area contributed by atoms with Crippen molar-refractivity contribution in [2.45, 2.75) is 25.3 Å². The van der Waals surface area contributed by atoms with Crippen LogP contribution in [0.25, 0.3) is 0 Å². The molecule has 0 saturated carbocycles. The Labute approximate surface area is 105 Å². The molecular weight excluding hydrogens is 245 g/mol. The number of carbonyl (C=O) groups excluding carboxylic acids is 1. The zero-order valence-corrected chi connectivity index (χ0v) is 10.3. The largest absolute Gasteiger partial charge is 0.469 e. The highest BCUT2D eigenvalue weighted by Gasteiger charge is 2.09. The van der Waals surface area contributed by atoms with Crippen LogP contribution in [0.5, 0.6) is 0 Å². The molecule has 1 atom stereocenters. The van der Waals surface area contributed by atoms with Crippen molar-refractivity contribution >= 4 is 17.6 Å². The molecule has 2 N–H and O–H groups in total. The minimum atomic E-state index is -0.382. The Hall–Kier alpha value is -1.13. The summed E-state index contributed by atoms with van der Waals surface area (Å²) < 4.78 is 17.6. The first-order chi connectivity index (χ1) is 8.01. The monoisotopic (exact) mass is 259 g/mol. The molecule has 0 aliphatic carbocycles. The van der Waals surface area contributed by atoms with Crippen molar-refractivity contribution in [2.24, 2.45) is 5.73 Å². The normalized spacial score (nSPS) is 12.2. The summed E-state index contributed by atoms with van der Waals surface area (Å²) >= 11 is 5.73. The maximum Gasteiger partial charge on any atom is 0.305 e. The number of benzene rings is 1. The molecule has 94 valence electrons. The fraction of sp³-hybridized carbons (Fsp3) is 0.417. The number of rotatable bonds is 5. The van der Waals surface area contributed by atoms with Gasteiger partial charge in [0.15, 0.2) is 0 Å². The second-order valence-corrected chi connectivity index (χ2v) is 4.29. The lowest BCUT2D eigenvalue weighted by Gasteiger charge is -2.11. The highest BCUT2D eigenvalue weighted by atomic mass is 35.5. The molecule has 1 aromatic carbocycles. The lowest BCUT2D eigenvalue weighted by molar-refractivity contribution is -0.140. The molecule has 5 heteroatoms. The number of carbonyl (C=O) groups is 1. The molecule has 0 aliphatic heterocycles. The van der Waals surface area contributed by atoms with E-state index in [1.807, 2.05) is 0 Å². The van der Waals surface area contributed by atoms with Gasteiger partial charge >= 0.3 is 5.97 Å². The Morgan fingerprint density at radius 3 is 2.82 bits per heavy atom. The van der Waals surface area contributed by atoms with E-state index in [1.165, 1.54) is 19.2 Å². The van der Waals surface area contributed by atoms with Gasteiger partial charge in [0.1, 0.15) is 5.82 Å². The summed E-state index contributed by atoms with van der Waals surface area (Å²) in [7, 11) is 1.33. The van der Waals surface area contributed by atoms with E-state index < -0.39 is 0 Å². The van der Waals surface area contributed by atoms with Crippen molar-refractivity contribution in [2.75, 3.05) is 7.11 Å². The maximum absolute atomic E-state index is 13.0. The van der Waals surface area contributed by atoms with Gasteiger partial charge in [-0.2, -0.15) is 0 Å². The van der Waals surface area contributed by atoms with Gasteiger partial charge in [0.25, 0.3) is 0 Å². The summed E-state index contributed by atoms with van der Waals surface area (Å²) in [6, 6.07) is 4.09. The molecule has 0 aromatic heterocycles. The summed E-state index contributed by atoms with van der Waals surface area (Å²) in [5.74, 6) is -0.676. The molecule has 0 radical (unpaired) electrons. The van der Waals surface area contributed by atoms with E-state index in [0.717, 1.165) is 5.56 Å². The van der Waals surface area contributed by atoms with Crippen molar-refractivity contribution in [3.05, 3.63) is 34.6 Å². The molecule has 0 saturated heterocycles. The topological polar surface area (TPSA) is 52.3 Å². The van der Waals surface area contributed by atoms with Crippen LogP contribution in [0.1, 0.15) is 18.4 Å². The number of nitrogens with two attached hydrogens (primary N) is 1. The number of hydrogen-bond donors (Lipinski definition) is 1. The predicted molar refractivity (Wildman–Crippen MR) is 64.3 cm³/mol. The standard InChI is InChI=1S/C12H15ClFNO2/c1-17-12(16)3-2-11(15)6-8-4-9(13)7-10(14)5-8/h4-5,7,11H,2-3,6,15H2,1H3. The van der Waals surface area contributed by atoms with E-state index >= 15 is 0 Å². The molecular formula is C12H15ClFNO2. The predicted octanol–water partition coefficient (Wildman–Crippen LogP) is 2.30. The summed E-state index contributed by atoms with van der Waals surface area (Å²) in [5.41, 5.74) is 6.56. The molecule has 0 amide bonds. The third kappa shape index (κ3) is 5.15. The van der Waals surface area contributed by atoms with Gasteiger partial charge < -0.3 is 10.5 Å². The average molecular weight is 260 g/mol. The van der Waals surface area contributed by atoms with Gasteiger partial charge in [0.2, 0.25) is 0 Å². The molecule has 0 aliphatic rings. The van der Waals surface area contributed by atoms with Crippen LogP contribution in [0, 0.1) is 5.82 Å². The number of hydrogen-bond acceptors (Lipinski definition) is 3. The first-order valence-corrected chi connectivity index (χ1v) is 5.66. The molecule has 1 unspecified atom stereocenters. The summed E-state index contributed by atoms with van der Waals surface area (Å²) in [6.07, 6.45) is 1.25. The van der Waals surface area contributed by atoms with Crippen molar-refractivity contribution < 1.29 is 13.9 Å². The number of halogens is 2. The third-order valence-corrected chi connectivity index (χ3v) is 2.59. The van der Waals surface area contributed by atoms with Gasteiger partial charge in [-0.25, -0.2) is 4.39 Å². The highest BCUT2D eigenvalue weighted by molar-refractivity contribution is 6.30. The van der Waals surface area contributed by atoms with Crippen molar-refractivity contribution in [1.82, 2.24) is 0 Å². The molecule has 0 heterocycles. The van der Waals surface area contributed by atoms with E-state index in [9.17, 15) is 9.18 Å². The Morgan fingerprint density at radius 2 is 2.24 bits per heavy atom. The number of ether oxygens (including phenoxy) is 1. The zero-order chi connectivity index (χ0) is 12.8. The van der Waals surface area contributed by atoms with Crippen LogP contribution in [0.2, 0.25) is 5.02 Å². The molecule has 17 heavy (non-hydrogen) atoms. The van der Waals surface area contributed by atoms with Gasteiger partial charge in [-0.15, -0.1) is 0 Å². The van der Waals surface area contributed by atoms with Gasteiger partial charge in [0, 0.05) is 17.5 Å². The number of methoxy groups -OCH3 is 1. The van der Waals surface area contributed by atoms with E-state index in [-0.39, 0.29) is 24.2 Å². The first kappa shape index (κ1) is 13.9. The van der Waals surface area contributed by atoms with Crippen LogP contribution >= 0.6 is 11.6 Å². The Balaban J connectivity index is 2.50. The van der Waals surface area contributed by atoms with E-state index in [2.05, 4.69) is 4.74 Å². The van der Waals surface area contributed by atoms with Crippen LogP contribution in [0.15, 0.2) is 18.2 Å². The van der Waals surface area contributed by atoms with Crippen LogP contribution in [-0.2, 0) is 16.0 Å². The number of esters is 1. The van der Waals surface area contributed by atoms with Gasteiger partial charge in [-0.1, -0.05) is 11.6 Å². The van der Waals surface area contributed by atoms with E-state index in [0.29, 0.717) is 17.9 Å². The minimum absolute atomic E-state index is 0.216. The quantitative estimate of drug-likeness (QED) is 0.826. The Kier molecular flexibility index (Phi) is 5.38. The lowest BCUT2D eigenvalue weighted by atomic mass is 10.0. The summed E-state index contributed by atoms with van der Waals surface area (Å²) in [4.78, 5) is 10.9. The van der Waals surface area contributed by atoms with Crippen LogP contribution in [0.4, 0.5) is 4.39 Å². The zero-order valence-electron chi connectivity index (χ0n) is 9.58. The van der Waals surface area contributed by atoms with Crippen molar-refractivity contribution in [1.29, 1.82) is 0 Å². The molecule has 3 nitrogen and oxygen atoms in total. The highest BCUT2D eigenvalue weighted by Crippen LogP contribution is 2.16. The molecule has 0 spiro atoms. The van der Waals surface area contributed by atoms with Crippen LogP contribution in [0.3, 0.4) is 0 Å². The van der Waals surface area contributed by atoms with Crippen LogP contribution in [-0.4, -0.2) is 19.1 Å². The Bertz CT molecular complexity index is 378. The average Bonchev–Trinajstić information content (AvgIpc) is 2.24. The second kappa shape index (κ2) is 6.57. The summed E-state index contributed by atoms with van der Waals surface area (Å²) in [6.45, 7) is 0. The molecule has 0 bridgehead atoms. The minimum Gasteiger partial charge on any atom is -0.469 e. The van der Waals surface area contributed by atoms with E-state index in [1.54, 1.807) is 6.07 Å².